The van der Waals surface area contributed by atoms with Gasteiger partial charge in [-0.1, -0.05) is 18.2 Å². The van der Waals surface area contributed by atoms with Crippen LogP contribution in [0.15, 0.2) is 66.7 Å². The zero-order valence-corrected chi connectivity index (χ0v) is 20.7. The number of carbonyl (C=O) groups excluding carboxylic acids is 2. The second-order valence-corrected chi connectivity index (χ2v) is 8.41. The first kappa shape index (κ1) is 24.9. The van der Waals surface area contributed by atoms with Gasteiger partial charge in [0.25, 0.3) is 5.91 Å². The van der Waals surface area contributed by atoms with Crippen molar-refractivity contribution < 1.29 is 28.5 Å². The summed E-state index contributed by atoms with van der Waals surface area (Å²) in [6.07, 6.45) is 1.16. The number of methoxy groups -OCH3 is 3. The fourth-order valence-corrected chi connectivity index (χ4v) is 4.21. The molecule has 3 aromatic rings. The Balaban J connectivity index is 1.32. The van der Waals surface area contributed by atoms with Gasteiger partial charge in [-0.05, 0) is 61.4 Å². The lowest BCUT2D eigenvalue weighted by Gasteiger charge is -2.31. The first-order chi connectivity index (χ1) is 17.5. The average molecular weight is 491 g/mol. The summed E-state index contributed by atoms with van der Waals surface area (Å²) in [6, 6.07) is 20.1. The summed E-state index contributed by atoms with van der Waals surface area (Å²) in [5, 5.41) is 2.98. The molecule has 3 aromatic carbocycles. The van der Waals surface area contributed by atoms with E-state index in [0.717, 1.165) is 5.75 Å². The lowest BCUT2D eigenvalue weighted by molar-refractivity contribution is -0.121. The molecule has 4 rings (SSSR count). The molecule has 8 heteroatoms. The molecule has 1 N–H and O–H groups in total. The normalized spacial score (nSPS) is 13.6. The Kier molecular flexibility index (Phi) is 7.95. The summed E-state index contributed by atoms with van der Waals surface area (Å²) in [6.45, 7) is 0.967. The van der Waals surface area contributed by atoms with E-state index in [1.165, 1.54) is 21.3 Å². The van der Waals surface area contributed by atoms with Crippen LogP contribution in [0.25, 0.3) is 0 Å². The summed E-state index contributed by atoms with van der Waals surface area (Å²) in [5.41, 5.74) is 1.15. The molecule has 188 valence electrons. The number of rotatable bonds is 8. The van der Waals surface area contributed by atoms with Crippen LogP contribution in [0.5, 0.6) is 28.7 Å². The van der Waals surface area contributed by atoms with Crippen molar-refractivity contribution in [3.05, 3.63) is 72.3 Å². The first-order valence-corrected chi connectivity index (χ1v) is 11.8. The van der Waals surface area contributed by atoms with Crippen LogP contribution >= 0.6 is 0 Å². The molecule has 0 bridgehead atoms. The van der Waals surface area contributed by atoms with Gasteiger partial charge in [0.15, 0.2) is 11.5 Å². The lowest BCUT2D eigenvalue weighted by atomic mass is 9.95. The van der Waals surface area contributed by atoms with Crippen molar-refractivity contribution in [2.24, 2.45) is 5.92 Å². The fourth-order valence-electron chi connectivity index (χ4n) is 4.21. The van der Waals surface area contributed by atoms with Crippen LogP contribution in [0, 0.1) is 5.92 Å². The van der Waals surface area contributed by atoms with Gasteiger partial charge in [-0.25, -0.2) is 0 Å². The molecule has 0 atom stereocenters. The number of para-hydroxylation sites is 1. The number of likely N-dealkylation sites (tertiary alicyclic amines) is 1. The number of benzene rings is 3. The van der Waals surface area contributed by atoms with E-state index in [1.807, 2.05) is 54.6 Å². The molecule has 0 unspecified atom stereocenters. The van der Waals surface area contributed by atoms with Crippen molar-refractivity contribution in [3.8, 4) is 28.7 Å². The van der Waals surface area contributed by atoms with Crippen molar-refractivity contribution in [1.29, 1.82) is 0 Å². The topological polar surface area (TPSA) is 86.3 Å². The number of nitrogens with zero attached hydrogens (tertiary/aromatic N) is 1. The van der Waals surface area contributed by atoms with Crippen LogP contribution < -0.4 is 24.3 Å². The Morgan fingerprint density at radius 2 is 1.39 bits per heavy atom. The van der Waals surface area contributed by atoms with E-state index in [-0.39, 0.29) is 17.7 Å². The van der Waals surface area contributed by atoms with Gasteiger partial charge >= 0.3 is 0 Å². The molecule has 0 spiro atoms. The van der Waals surface area contributed by atoms with E-state index >= 15 is 0 Å². The molecular weight excluding hydrogens is 460 g/mol. The summed E-state index contributed by atoms with van der Waals surface area (Å²) >= 11 is 0. The number of hydrogen-bond donors (Lipinski definition) is 1. The van der Waals surface area contributed by atoms with Gasteiger partial charge in [-0.2, -0.15) is 0 Å². The Morgan fingerprint density at radius 1 is 0.806 bits per heavy atom. The Morgan fingerprint density at radius 3 is 1.94 bits per heavy atom. The minimum Gasteiger partial charge on any atom is -0.493 e. The van der Waals surface area contributed by atoms with E-state index < -0.39 is 0 Å². The first-order valence-electron chi connectivity index (χ1n) is 11.8. The molecular formula is C28H30N2O6. The van der Waals surface area contributed by atoms with Gasteiger partial charge in [0.1, 0.15) is 11.5 Å². The highest BCUT2D eigenvalue weighted by Crippen LogP contribution is 2.38. The van der Waals surface area contributed by atoms with Gasteiger partial charge in [-0.3, -0.25) is 9.59 Å². The van der Waals surface area contributed by atoms with Crippen LogP contribution in [0.1, 0.15) is 23.2 Å². The number of anilines is 1. The maximum Gasteiger partial charge on any atom is 0.254 e. The van der Waals surface area contributed by atoms with Gasteiger partial charge in [0.2, 0.25) is 11.7 Å². The third-order valence-corrected chi connectivity index (χ3v) is 6.17. The van der Waals surface area contributed by atoms with Gasteiger partial charge in [0, 0.05) is 30.3 Å². The zero-order chi connectivity index (χ0) is 25.5. The Hall–Kier alpha value is -4.20. The van der Waals surface area contributed by atoms with Crippen LogP contribution in [-0.2, 0) is 4.79 Å². The summed E-state index contributed by atoms with van der Waals surface area (Å²) in [4.78, 5) is 27.7. The third-order valence-electron chi connectivity index (χ3n) is 6.17. The van der Waals surface area contributed by atoms with Gasteiger partial charge < -0.3 is 29.2 Å². The standard InChI is InChI=1S/C28H30N2O6/c1-33-24-17-20(18-25(34-2)26(24)35-3)28(32)30-15-13-19(14-16-30)27(31)29-21-9-11-23(12-10-21)36-22-7-5-4-6-8-22/h4-12,17-19H,13-16H2,1-3H3,(H,29,31). The van der Waals surface area contributed by atoms with Crippen LogP contribution in [0.4, 0.5) is 5.69 Å². The fraction of sp³-hybridized carbons (Fsp3) is 0.286. The lowest BCUT2D eigenvalue weighted by Crippen LogP contribution is -2.41. The van der Waals surface area contributed by atoms with Crippen LogP contribution in [-0.4, -0.2) is 51.1 Å². The monoisotopic (exact) mass is 490 g/mol. The highest BCUT2D eigenvalue weighted by atomic mass is 16.5. The number of carbonyl (C=O) groups is 2. The minimum absolute atomic E-state index is 0.0494. The van der Waals surface area contributed by atoms with Crippen molar-refractivity contribution in [1.82, 2.24) is 4.90 Å². The van der Waals surface area contributed by atoms with Gasteiger partial charge in [-0.15, -0.1) is 0 Å². The summed E-state index contributed by atoms with van der Waals surface area (Å²) in [5.74, 6) is 2.37. The average Bonchev–Trinajstić information content (AvgIpc) is 2.93. The molecule has 0 saturated carbocycles. The third kappa shape index (κ3) is 5.71. The number of piperidine rings is 1. The molecule has 8 nitrogen and oxygen atoms in total. The molecule has 0 aromatic heterocycles. The molecule has 0 aliphatic carbocycles. The van der Waals surface area contributed by atoms with E-state index in [0.29, 0.717) is 60.2 Å². The SMILES string of the molecule is COc1cc(C(=O)N2CCC(C(=O)Nc3ccc(Oc4ccccc4)cc3)CC2)cc(OC)c1OC. The molecule has 1 fully saturated rings. The van der Waals surface area contributed by atoms with Gasteiger partial charge in [0.05, 0.1) is 21.3 Å². The van der Waals surface area contributed by atoms with Crippen molar-refractivity contribution >= 4 is 17.5 Å². The summed E-state index contributed by atoms with van der Waals surface area (Å²) < 4.78 is 21.9. The maximum atomic E-state index is 13.1. The minimum atomic E-state index is -0.172. The van der Waals surface area contributed by atoms with Crippen molar-refractivity contribution in [2.75, 3.05) is 39.7 Å². The highest BCUT2D eigenvalue weighted by Gasteiger charge is 2.29. The van der Waals surface area contributed by atoms with Crippen molar-refractivity contribution in [3.63, 3.8) is 0 Å². The second-order valence-electron chi connectivity index (χ2n) is 8.41. The predicted octanol–water partition coefficient (Wildman–Crippen LogP) is 5.00. The zero-order valence-electron chi connectivity index (χ0n) is 20.7. The maximum absolute atomic E-state index is 13.1. The quantitative estimate of drug-likeness (QED) is 0.479. The molecule has 1 aliphatic heterocycles. The van der Waals surface area contributed by atoms with E-state index in [1.54, 1.807) is 17.0 Å². The molecule has 1 aliphatic rings. The van der Waals surface area contributed by atoms with Crippen LogP contribution in [0.2, 0.25) is 0 Å². The highest BCUT2D eigenvalue weighted by molar-refractivity contribution is 5.96. The van der Waals surface area contributed by atoms with Crippen LogP contribution in [0.3, 0.4) is 0 Å². The van der Waals surface area contributed by atoms with E-state index in [2.05, 4.69) is 5.32 Å². The molecule has 1 heterocycles. The van der Waals surface area contributed by atoms with E-state index in [9.17, 15) is 9.59 Å². The number of amides is 2. The number of hydrogen-bond acceptors (Lipinski definition) is 6. The molecule has 0 radical (unpaired) electrons. The Bertz CT molecular complexity index is 1160. The second kappa shape index (κ2) is 11.5. The smallest absolute Gasteiger partial charge is 0.254 e. The molecule has 2 amide bonds. The van der Waals surface area contributed by atoms with Crippen molar-refractivity contribution in [2.45, 2.75) is 12.8 Å². The largest absolute Gasteiger partial charge is 0.493 e. The number of nitrogens with one attached hydrogen (secondary N) is 1. The Labute approximate surface area is 210 Å². The van der Waals surface area contributed by atoms with E-state index in [4.69, 9.17) is 18.9 Å². The molecule has 36 heavy (non-hydrogen) atoms. The molecule has 1 saturated heterocycles. The summed E-state index contributed by atoms with van der Waals surface area (Å²) in [7, 11) is 4.55. The number of ether oxygens (including phenoxy) is 4. The predicted molar refractivity (Wildman–Crippen MR) is 136 cm³/mol.